The van der Waals surface area contributed by atoms with Gasteiger partial charge in [0.05, 0.1) is 17.9 Å². The van der Waals surface area contributed by atoms with Crippen molar-refractivity contribution in [2.75, 3.05) is 11.9 Å². The molecular weight excluding hydrogens is 458 g/mol. The molecule has 0 saturated heterocycles. The normalized spacial score (nSPS) is 15.7. The van der Waals surface area contributed by atoms with E-state index in [1.54, 1.807) is 46.9 Å². The lowest BCUT2D eigenvalue weighted by atomic mass is 10.1. The molecule has 1 aliphatic rings. The van der Waals surface area contributed by atoms with Crippen LogP contribution in [0.15, 0.2) is 53.7 Å². The number of nitrogens with zero attached hydrogens (tertiary/aromatic N) is 4. The number of rotatable bonds is 4. The average Bonchev–Trinajstić information content (AvgIpc) is 3.40. The Kier molecular flexibility index (Phi) is 4.99. The largest absolute Gasteiger partial charge is 0.349 e. The number of aromatic nitrogens is 4. The van der Waals surface area contributed by atoms with Crippen molar-refractivity contribution in [3.8, 4) is 11.1 Å². The summed E-state index contributed by atoms with van der Waals surface area (Å²) in [6.07, 6.45) is 3.33. The predicted octanol–water partition coefficient (Wildman–Crippen LogP) is 1.64. The zero-order valence-electron chi connectivity index (χ0n) is 18.3. The van der Waals surface area contributed by atoms with Crippen LogP contribution in [-0.4, -0.2) is 46.1 Å². The van der Waals surface area contributed by atoms with Gasteiger partial charge in [0, 0.05) is 30.7 Å². The number of benzene rings is 1. The summed E-state index contributed by atoms with van der Waals surface area (Å²) in [5.74, 6) is -0.807. The van der Waals surface area contributed by atoms with E-state index < -0.39 is 15.9 Å². The molecule has 4 heterocycles. The molecule has 4 aromatic rings. The number of pyridine rings is 1. The van der Waals surface area contributed by atoms with Gasteiger partial charge in [0.25, 0.3) is 11.8 Å². The molecule has 174 valence electrons. The van der Waals surface area contributed by atoms with Gasteiger partial charge < -0.3 is 15.2 Å². The highest BCUT2D eigenvalue weighted by Crippen LogP contribution is 2.29. The summed E-state index contributed by atoms with van der Waals surface area (Å²) in [5.41, 5.74) is 2.37. The predicted molar refractivity (Wildman–Crippen MR) is 125 cm³/mol. The number of fused-ring (bicyclic) bond motifs is 3. The molecule has 0 aliphatic carbocycles. The molecule has 11 nitrogen and oxygen atoms in total. The molecule has 0 unspecified atom stereocenters. The van der Waals surface area contributed by atoms with Crippen molar-refractivity contribution in [1.82, 2.24) is 24.6 Å². The van der Waals surface area contributed by atoms with Gasteiger partial charge in [0.2, 0.25) is 10.0 Å². The van der Waals surface area contributed by atoms with Crippen LogP contribution in [0.2, 0.25) is 0 Å². The van der Waals surface area contributed by atoms with E-state index in [-0.39, 0.29) is 28.2 Å². The lowest BCUT2D eigenvalue weighted by Crippen LogP contribution is -2.37. The third-order valence-corrected chi connectivity index (χ3v) is 6.67. The summed E-state index contributed by atoms with van der Waals surface area (Å²) >= 11 is 0. The second kappa shape index (κ2) is 7.78. The van der Waals surface area contributed by atoms with Crippen molar-refractivity contribution in [3.63, 3.8) is 0 Å². The third kappa shape index (κ3) is 3.72. The second-order valence-electron chi connectivity index (χ2n) is 8.18. The monoisotopic (exact) mass is 479 g/mol. The first kappa shape index (κ1) is 21.8. The fraction of sp³-hybridized carbons (Fsp3) is 0.182. The number of carbonyl (C=O) groups excluding carboxylic acids is 2. The lowest BCUT2D eigenvalue weighted by molar-refractivity contribution is 0.0918. The Morgan fingerprint density at radius 3 is 2.71 bits per heavy atom. The van der Waals surface area contributed by atoms with Crippen LogP contribution >= 0.6 is 0 Å². The summed E-state index contributed by atoms with van der Waals surface area (Å²) in [7, 11) is -2.40. The van der Waals surface area contributed by atoms with Crippen LogP contribution in [0.5, 0.6) is 0 Å². The summed E-state index contributed by atoms with van der Waals surface area (Å²) in [6.45, 7) is 2.40. The van der Waals surface area contributed by atoms with Crippen molar-refractivity contribution in [2.45, 2.75) is 17.9 Å². The molecule has 1 aliphatic heterocycles. The highest BCUT2D eigenvalue weighted by molar-refractivity contribution is 7.89. The van der Waals surface area contributed by atoms with Gasteiger partial charge in [-0.3, -0.25) is 14.3 Å². The highest BCUT2D eigenvalue weighted by atomic mass is 32.2. The molecule has 1 aromatic carbocycles. The maximum atomic E-state index is 13.0. The van der Waals surface area contributed by atoms with Gasteiger partial charge in [-0.2, -0.15) is 5.10 Å². The van der Waals surface area contributed by atoms with Gasteiger partial charge in [0.15, 0.2) is 0 Å². The minimum Gasteiger partial charge on any atom is -0.349 e. The molecule has 0 spiro atoms. The molecular formula is C22H21N7O4S. The number of hydrogen-bond donors (Lipinski definition) is 3. The molecule has 4 N–H and O–H groups in total. The van der Waals surface area contributed by atoms with Gasteiger partial charge >= 0.3 is 0 Å². The number of carbonyl (C=O) groups is 2. The molecule has 3 aromatic heterocycles. The van der Waals surface area contributed by atoms with Gasteiger partial charge in [-0.05, 0) is 42.8 Å². The van der Waals surface area contributed by atoms with Crippen molar-refractivity contribution >= 4 is 38.6 Å². The topological polar surface area (TPSA) is 154 Å². The van der Waals surface area contributed by atoms with E-state index in [4.69, 9.17) is 5.14 Å². The number of aryl methyl sites for hydroxylation is 1. The van der Waals surface area contributed by atoms with Crippen LogP contribution in [0.4, 0.5) is 5.69 Å². The Morgan fingerprint density at radius 2 is 2.00 bits per heavy atom. The van der Waals surface area contributed by atoms with E-state index in [0.717, 1.165) is 5.39 Å². The number of sulfonamides is 1. The van der Waals surface area contributed by atoms with Gasteiger partial charge in [-0.1, -0.05) is 6.07 Å². The molecule has 1 atom stereocenters. The van der Waals surface area contributed by atoms with E-state index >= 15 is 0 Å². The SMILES string of the molecule is C[C@@H]1CNC(=O)c2cc3ccc(C(=O)Nc4ccc(-c5cnn(C)c5)cc4S(N)(=O)=O)nc3n21. The Balaban J connectivity index is 1.52. The molecule has 2 amide bonds. The van der Waals surface area contributed by atoms with Crippen molar-refractivity contribution in [2.24, 2.45) is 12.2 Å². The molecule has 0 saturated carbocycles. The van der Waals surface area contributed by atoms with Crippen molar-refractivity contribution in [3.05, 3.63) is 60.2 Å². The number of nitrogens with one attached hydrogen (secondary N) is 2. The van der Waals surface area contributed by atoms with E-state index in [1.807, 2.05) is 6.92 Å². The van der Waals surface area contributed by atoms with Crippen molar-refractivity contribution in [1.29, 1.82) is 0 Å². The van der Waals surface area contributed by atoms with Gasteiger partial charge in [0.1, 0.15) is 21.9 Å². The van der Waals surface area contributed by atoms with Crippen LogP contribution < -0.4 is 15.8 Å². The first-order chi connectivity index (χ1) is 16.1. The maximum absolute atomic E-state index is 13.0. The zero-order valence-corrected chi connectivity index (χ0v) is 19.1. The van der Waals surface area contributed by atoms with Crippen LogP contribution in [0.1, 0.15) is 33.9 Å². The Morgan fingerprint density at radius 1 is 1.21 bits per heavy atom. The fourth-order valence-electron chi connectivity index (χ4n) is 4.06. The number of anilines is 1. The standard InChI is InChI=1S/C22H21N7O4S/c1-12-9-24-22(31)18-7-14-4-6-17(26-20(14)29(12)18)21(30)27-16-5-3-13(8-19(16)34(23,32)33)15-10-25-28(2)11-15/h3-8,10-12H,9H2,1-2H3,(H,24,31)(H,27,30)(H2,23,32,33)/t12-/m1/s1. The fourth-order valence-corrected chi connectivity index (χ4v) is 4.78. The molecule has 34 heavy (non-hydrogen) atoms. The zero-order chi connectivity index (χ0) is 24.2. The molecule has 0 radical (unpaired) electrons. The molecule has 0 fully saturated rings. The van der Waals surface area contributed by atoms with Crippen LogP contribution in [0, 0.1) is 0 Å². The maximum Gasteiger partial charge on any atom is 0.274 e. The second-order valence-corrected chi connectivity index (χ2v) is 9.71. The first-order valence-electron chi connectivity index (χ1n) is 10.4. The molecule has 12 heteroatoms. The molecule has 5 rings (SSSR count). The van der Waals surface area contributed by atoms with E-state index in [9.17, 15) is 18.0 Å². The highest BCUT2D eigenvalue weighted by Gasteiger charge is 2.26. The third-order valence-electron chi connectivity index (χ3n) is 5.72. The molecule has 0 bridgehead atoms. The van der Waals surface area contributed by atoms with E-state index in [2.05, 4.69) is 20.7 Å². The lowest BCUT2D eigenvalue weighted by Gasteiger charge is -2.23. The van der Waals surface area contributed by atoms with Crippen molar-refractivity contribution < 1.29 is 18.0 Å². The average molecular weight is 480 g/mol. The van der Waals surface area contributed by atoms with Gasteiger partial charge in [-0.25, -0.2) is 18.5 Å². The Hall–Kier alpha value is -4.03. The summed E-state index contributed by atoms with van der Waals surface area (Å²) in [4.78, 5) is 29.5. The number of hydrogen-bond acceptors (Lipinski definition) is 6. The first-order valence-corrected chi connectivity index (χ1v) is 11.9. The van der Waals surface area contributed by atoms with E-state index in [0.29, 0.717) is 29.0 Å². The van der Waals surface area contributed by atoms with Crippen LogP contribution in [-0.2, 0) is 17.1 Å². The summed E-state index contributed by atoms with van der Waals surface area (Å²) in [5, 5.41) is 15.7. The Bertz CT molecular complexity index is 1590. The summed E-state index contributed by atoms with van der Waals surface area (Å²) < 4.78 is 27.9. The van der Waals surface area contributed by atoms with Crippen LogP contribution in [0.3, 0.4) is 0 Å². The summed E-state index contributed by atoms with van der Waals surface area (Å²) in [6, 6.07) is 9.45. The van der Waals surface area contributed by atoms with Crippen LogP contribution in [0.25, 0.3) is 22.2 Å². The van der Waals surface area contributed by atoms with Gasteiger partial charge in [-0.15, -0.1) is 0 Å². The quantitative estimate of drug-likeness (QED) is 0.404. The minimum absolute atomic E-state index is 0.0342. The Labute approximate surface area is 194 Å². The van der Waals surface area contributed by atoms with E-state index in [1.165, 1.54) is 18.2 Å². The minimum atomic E-state index is -4.15. The number of nitrogens with two attached hydrogens (primary N) is 1. The number of primary sulfonamides is 1. The smallest absolute Gasteiger partial charge is 0.274 e. The number of amides is 2.